The van der Waals surface area contributed by atoms with Gasteiger partial charge in [-0.25, -0.2) is 10.4 Å². The number of benzene rings is 1. The van der Waals surface area contributed by atoms with Crippen LogP contribution in [0, 0.1) is 6.92 Å². The van der Waals surface area contributed by atoms with E-state index in [-0.39, 0.29) is 6.04 Å². The second kappa shape index (κ2) is 7.03. The van der Waals surface area contributed by atoms with Crippen molar-refractivity contribution in [3.63, 3.8) is 0 Å². The Labute approximate surface area is 131 Å². The number of nitrogens with two attached hydrogens (primary N) is 1. The predicted molar refractivity (Wildman–Crippen MR) is 88.4 cm³/mol. The van der Waals surface area contributed by atoms with Crippen molar-refractivity contribution in [3.8, 4) is 0 Å². The zero-order chi connectivity index (χ0) is 14.7. The van der Waals surface area contributed by atoms with Crippen molar-refractivity contribution in [2.45, 2.75) is 58.2 Å². The summed E-state index contributed by atoms with van der Waals surface area (Å²) in [6.07, 6.45) is 3.84. The molecule has 20 heavy (non-hydrogen) atoms. The normalized spacial score (nSPS) is 25.6. The first-order valence-electron chi connectivity index (χ1n) is 7.53. The maximum Gasteiger partial charge on any atom is 0.0587 e. The van der Waals surface area contributed by atoms with Crippen molar-refractivity contribution in [1.82, 2.24) is 10.4 Å². The SMILES string of the molecule is Cc1ccc(C(CN)NN2C(C)CCCC2C)cc1Br. The van der Waals surface area contributed by atoms with Crippen LogP contribution in [0.15, 0.2) is 22.7 Å². The molecule has 1 fully saturated rings. The molecule has 1 heterocycles. The summed E-state index contributed by atoms with van der Waals surface area (Å²) in [4.78, 5) is 0. The van der Waals surface area contributed by atoms with E-state index in [4.69, 9.17) is 5.73 Å². The lowest BCUT2D eigenvalue weighted by atomic mass is 9.99. The fraction of sp³-hybridized carbons (Fsp3) is 0.625. The van der Waals surface area contributed by atoms with Crippen LogP contribution < -0.4 is 11.2 Å². The summed E-state index contributed by atoms with van der Waals surface area (Å²) < 4.78 is 1.15. The molecule has 1 aliphatic heterocycles. The highest BCUT2D eigenvalue weighted by Gasteiger charge is 2.26. The number of aryl methyl sites for hydroxylation is 1. The Morgan fingerprint density at radius 3 is 2.55 bits per heavy atom. The van der Waals surface area contributed by atoms with Crippen molar-refractivity contribution in [3.05, 3.63) is 33.8 Å². The van der Waals surface area contributed by atoms with Crippen LogP contribution in [-0.2, 0) is 0 Å². The smallest absolute Gasteiger partial charge is 0.0587 e. The van der Waals surface area contributed by atoms with Gasteiger partial charge in [0.15, 0.2) is 0 Å². The first-order valence-corrected chi connectivity index (χ1v) is 8.33. The molecule has 3 unspecified atom stereocenters. The minimum atomic E-state index is 0.176. The van der Waals surface area contributed by atoms with Crippen LogP contribution in [0.2, 0.25) is 0 Å². The van der Waals surface area contributed by atoms with Gasteiger partial charge in [-0.15, -0.1) is 0 Å². The Hall–Kier alpha value is -0.420. The predicted octanol–water partition coefficient (Wildman–Crippen LogP) is 3.52. The van der Waals surface area contributed by atoms with Gasteiger partial charge >= 0.3 is 0 Å². The molecule has 0 saturated carbocycles. The molecule has 3 N–H and O–H groups in total. The lowest BCUT2D eigenvalue weighted by Crippen LogP contribution is -2.54. The van der Waals surface area contributed by atoms with Crippen molar-refractivity contribution < 1.29 is 0 Å². The highest BCUT2D eigenvalue weighted by atomic mass is 79.9. The molecule has 0 amide bonds. The largest absolute Gasteiger partial charge is 0.329 e. The molecule has 0 spiro atoms. The minimum absolute atomic E-state index is 0.176. The average molecular weight is 340 g/mol. The molecule has 3 nitrogen and oxygen atoms in total. The highest BCUT2D eigenvalue weighted by Crippen LogP contribution is 2.25. The van der Waals surface area contributed by atoms with Crippen LogP contribution in [0.4, 0.5) is 0 Å². The van der Waals surface area contributed by atoms with Gasteiger partial charge in [0.2, 0.25) is 0 Å². The maximum atomic E-state index is 6.00. The Balaban J connectivity index is 2.13. The summed E-state index contributed by atoms with van der Waals surface area (Å²) in [5.41, 5.74) is 12.2. The molecule has 0 aliphatic carbocycles. The fourth-order valence-corrected chi connectivity index (χ4v) is 3.34. The minimum Gasteiger partial charge on any atom is -0.329 e. The second-order valence-corrected chi connectivity index (χ2v) is 6.82. The van der Waals surface area contributed by atoms with Crippen LogP contribution in [-0.4, -0.2) is 23.6 Å². The summed E-state index contributed by atoms with van der Waals surface area (Å²) in [7, 11) is 0. The first kappa shape index (κ1) is 16.0. The van der Waals surface area contributed by atoms with Crippen molar-refractivity contribution in [1.29, 1.82) is 0 Å². The summed E-state index contributed by atoms with van der Waals surface area (Å²) in [6.45, 7) is 7.29. The average Bonchev–Trinajstić information content (AvgIpc) is 2.42. The molecule has 3 atom stereocenters. The van der Waals surface area contributed by atoms with Crippen LogP contribution in [0.1, 0.15) is 50.3 Å². The molecule has 0 radical (unpaired) electrons. The Kier molecular flexibility index (Phi) is 5.61. The van der Waals surface area contributed by atoms with E-state index in [9.17, 15) is 0 Å². The van der Waals surface area contributed by atoms with Gasteiger partial charge in [0.05, 0.1) is 6.04 Å². The Morgan fingerprint density at radius 2 is 2.00 bits per heavy atom. The van der Waals surface area contributed by atoms with Crippen LogP contribution in [0.3, 0.4) is 0 Å². The number of hydrogen-bond donors (Lipinski definition) is 2. The van der Waals surface area contributed by atoms with Crippen LogP contribution in [0.5, 0.6) is 0 Å². The zero-order valence-electron chi connectivity index (χ0n) is 12.7. The first-order chi connectivity index (χ1) is 9.52. The van der Waals surface area contributed by atoms with E-state index in [1.165, 1.54) is 30.4 Å². The number of nitrogens with zero attached hydrogens (tertiary/aromatic N) is 1. The summed E-state index contributed by atoms with van der Waals surface area (Å²) >= 11 is 3.61. The van der Waals surface area contributed by atoms with Gasteiger partial charge in [0.25, 0.3) is 0 Å². The van der Waals surface area contributed by atoms with Crippen molar-refractivity contribution in [2.24, 2.45) is 5.73 Å². The number of hydrazine groups is 1. The summed E-state index contributed by atoms with van der Waals surface area (Å²) in [5.74, 6) is 0. The van der Waals surface area contributed by atoms with E-state index >= 15 is 0 Å². The number of piperidine rings is 1. The monoisotopic (exact) mass is 339 g/mol. The summed E-state index contributed by atoms with van der Waals surface area (Å²) in [6, 6.07) is 7.81. The van der Waals surface area contributed by atoms with Gasteiger partial charge in [-0.05, 0) is 50.8 Å². The Morgan fingerprint density at radius 1 is 1.35 bits per heavy atom. The van der Waals surface area contributed by atoms with Gasteiger partial charge in [0, 0.05) is 23.1 Å². The fourth-order valence-electron chi connectivity index (χ4n) is 2.94. The number of hydrogen-bond acceptors (Lipinski definition) is 3. The third-order valence-corrected chi connectivity index (χ3v) is 5.19. The van der Waals surface area contributed by atoms with Gasteiger partial charge < -0.3 is 5.73 Å². The Bertz CT molecular complexity index is 439. The molecule has 1 saturated heterocycles. The quantitative estimate of drug-likeness (QED) is 0.881. The second-order valence-electron chi connectivity index (χ2n) is 5.96. The molecular weight excluding hydrogens is 314 g/mol. The van der Waals surface area contributed by atoms with Crippen LogP contribution >= 0.6 is 15.9 Å². The van der Waals surface area contributed by atoms with Crippen LogP contribution in [0.25, 0.3) is 0 Å². The van der Waals surface area contributed by atoms with Gasteiger partial charge in [-0.1, -0.05) is 34.5 Å². The molecule has 112 valence electrons. The lowest BCUT2D eigenvalue weighted by Gasteiger charge is -2.41. The number of rotatable bonds is 4. The van der Waals surface area contributed by atoms with E-state index in [1.54, 1.807) is 0 Å². The van der Waals surface area contributed by atoms with E-state index in [0.29, 0.717) is 18.6 Å². The molecule has 1 aromatic rings. The highest BCUT2D eigenvalue weighted by molar-refractivity contribution is 9.10. The van der Waals surface area contributed by atoms with Gasteiger partial charge in [-0.2, -0.15) is 0 Å². The maximum absolute atomic E-state index is 6.00. The zero-order valence-corrected chi connectivity index (χ0v) is 14.3. The van der Waals surface area contributed by atoms with E-state index in [0.717, 1.165) is 4.47 Å². The lowest BCUT2D eigenvalue weighted by molar-refractivity contribution is 0.0304. The molecule has 0 bridgehead atoms. The third-order valence-electron chi connectivity index (χ3n) is 4.33. The van der Waals surface area contributed by atoms with Crippen molar-refractivity contribution >= 4 is 15.9 Å². The topological polar surface area (TPSA) is 41.3 Å². The summed E-state index contributed by atoms with van der Waals surface area (Å²) in [5, 5.41) is 2.40. The molecule has 2 rings (SSSR count). The van der Waals surface area contributed by atoms with E-state index in [2.05, 4.69) is 65.3 Å². The molecule has 0 aromatic heterocycles. The van der Waals surface area contributed by atoms with Gasteiger partial charge in [-0.3, -0.25) is 0 Å². The molecule has 1 aromatic carbocycles. The van der Waals surface area contributed by atoms with E-state index < -0.39 is 0 Å². The molecular formula is C16H26BrN3. The third kappa shape index (κ3) is 3.61. The van der Waals surface area contributed by atoms with Gasteiger partial charge in [0.1, 0.15) is 0 Å². The van der Waals surface area contributed by atoms with Crippen molar-refractivity contribution in [2.75, 3.05) is 6.54 Å². The standard InChI is InChI=1S/C16H26BrN3/c1-11-7-8-14(9-15(11)17)16(10-18)19-20-12(2)5-4-6-13(20)3/h7-9,12-13,16,19H,4-6,10,18H2,1-3H3. The molecule has 4 heteroatoms. The number of halogens is 1. The number of nitrogens with one attached hydrogen (secondary N) is 1. The molecule has 1 aliphatic rings. The van der Waals surface area contributed by atoms with E-state index in [1.807, 2.05) is 0 Å².